The number of aliphatic imine (C=N–C) groups is 1. The van der Waals surface area contributed by atoms with E-state index in [0.717, 1.165) is 50.8 Å². The molecule has 2 heterocycles. The van der Waals surface area contributed by atoms with Crippen LogP contribution in [-0.2, 0) is 16.0 Å². The summed E-state index contributed by atoms with van der Waals surface area (Å²) in [6.45, 7) is 8.69. The highest BCUT2D eigenvalue weighted by molar-refractivity contribution is 14.0. The van der Waals surface area contributed by atoms with Crippen molar-refractivity contribution in [2.75, 3.05) is 52.9 Å². The Morgan fingerprint density at radius 1 is 1.06 bits per heavy atom. The molecule has 186 valence electrons. The fourth-order valence-corrected chi connectivity index (χ4v) is 4.94. The van der Waals surface area contributed by atoms with Crippen LogP contribution in [-0.4, -0.2) is 74.7 Å². The fraction of sp³-hybridized carbons (Fsp3) is 0.692. The van der Waals surface area contributed by atoms with E-state index >= 15 is 0 Å². The van der Waals surface area contributed by atoms with Crippen LogP contribution in [0.3, 0.4) is 0 Å². The predicted octanol–water partition coefficient (Wildman–Crippen LogP) is 4.19. The van der Waals surface area contributed by atoms with Crippen molar-refractivity contribution in [3.8, 4) is 0 Å². The molecular formula is C26H43IN4O2. The molecule has 7 heteroatoms. The topological polar surface area (TPSA) is 57.2 Å². The molecule has 3 rings (SSSR count). The van der Waals surface area contributed by atoms with E-state index in [1.165, 1.54) is 50.9 Å². The van der Waals surface area contributed by atoms with Gasteiger partial charge in [0.1, 0.15) is 0 Å². The number of rotatable bonds is 9. The summed E-state index contributed by atoms with van der Waals surface area (Å²) in [5, 5.41) is 3.52. The molecule has 0 saturated carbocycles. The summed E-state index contributed by atoms with van der Waals surface area (Å²) in [7, 11) is 1.85. The van der Waals surface area contributed by atoms with Gasteiger partial charge >= 0.3 is 5.97 Å². The van der Waals surface area contributed by atoms with Crippen LogP contribution in [0.2, 0.25) is 0 Å². The highest BCUT2D eigenvalue weighted by Gasteiger charge is 2.27. The first kappa shape index (κ1) is 27.9. The minimum absolute atomic E-state index is 0. The van der Waals surface area contributed by atoms with Crippen LogP contribution in [0.25, 0.3) is 0 Å². The number of guanidine groups is 1. The molecule has 2 aliphatic heterocycles. The van der Waals surface area contributed by atoms with Crippen molar-refractivity contribution in [1.82, 2.24) is 15.1 Å². The summed E-state index contributed by atoms with van der Waals surface area (Å²) in [4.78, 5) is 21.3. The smallest absolute Gasteiger partial charge is 0.309 e. The van der Waals surface area contributed by atoms with E-state index in [4.69, 9.17) is 4.74 Å². The third-order valence-electron chi connectivity index (χ3n) is 6.88. The maximum atomic E-state index is 11.9. The summed E-state index contributed by atoms with van der Waals surface area (Å²) in [5.74, 6) is 1.81. The van der Waals surface area contributed by atoms with Crippen molar-refractivity contribution < 1.29 is 9.53 Å². The van der Waals surface area contributed by atoms with Gasteiger partial charge in [0.2, 0.25) is 0 Å². The van der Waals surface area contributed by atoms with Gasteiger partial charge in [0.15, 0.2) is 5.96 Å². The lowest BCUT2D eigenvalue weighted by molar-refractivity contribution is -0.149. The summed E-state index contributed by atoms with van der Waals surface area (Å²) < 4.78 is 5.17. The molecule has 1 aromatic rings. The molecule has 0 atom stereocenters. The van der Waals surface area contributed by atoms with Gasteiger partial charge in [-0.3, -0.25) is 9.79 Å². The molecule has 0 aliphatic carbocycles. The number of hydrogen-bond acceptors (Lipinski definition) is 4. The van der Waals surface area contributed by atoms with Crippen molar-refractivity contribution >= 4 is 35.9 Å². The SMILES string of the molecule is CCOC(=O)C1CCN(C(=NC)NCCCCN2CCC(Cc3ccccc3)CC2)CC1.I. The number of carbonyl (C=O) groups is 1. The van der Waals surface area contributed by atoms with E-state index in [-0.39, 0.29) is 35.9 Å². The number of unbranched alkanes of at least 4 members (excludes halogenated alkanes) is 1. The normalized spacial score (nSPS) is 18.6. The van der Waals surface area contributed by atoms with Crippen LogP contribution in [0.15, 0.2) is 35.3 Å². The third kappa shape index (κ3) is 9.43. The lowest BCUT2D eigenvalue weighted by atomic mass is 9.90. The number of nitrogens with zero attached hydrogens (tertiary/aromatic N) is 3. The van der Waals surface area contributed by atoms with Crippen LogP contribution in [0, 0.1) is 11.8 Å². The average molecular weight is 571 g/mol. The summed E-state index contributed by atoms with van der Waals surface area (Å²) in [5.41, 5.74) is 1.48. The zero-order valence-corrected chi connectivity index (χ0v) is 22.8. The number of hydrogen-bond donors (Lipinski definition) is 1. The van der Waals surface area contributed by atoms with Gasteiger partial charge in [-0.05, 0) is 83.0 Å². The molecule has 6 nitrogen and oxygen atoms in total. The van der Waals surface area contributed by atoms with Gasteiger partial charge < -0.3 is 19.9 Å². The second-order valence-corrected chi connectivity index (χ2v) is 9.17. The van der Waals surface area contributed by atoms with E-state index in [1.54, 1.807) is 0 Å². The third-order valence-corrected chi connectivity index (χ3v) is 6.88. The molecule has 0 spiro atoms. The van der Waals surface area contributed by atoms with E-state index in [0.29, 0.717) is 6.61 Å². The van der Waals surface area contributed by atoms with Crippen LogP contribution in [0.4, 0.5) is 0 Å². The lowest BCUT2D eigenvalue weighted by Gasteiger charge is -2.33. The molecule has 1 aromatic carbocycles. The molecular weight excluding hydrogens is 527 g/mol. The largest absolute Gasteiger partial charge is 0.466 e. The maximum Gasteiger partial charge on any atom is 0.309 e. The number of halogens is 1. The number of esters is 1. The second-order valence-electron chi connectivity index (χ2n) is 9.17. The molecule has 0 aromatic heterocycles. The highest BCUT2D eigenvalue weighted by Crippen LogP contribution is 2.22. The Labute approximate surface area is 217 Å². The summed E-state index contributed by atoms with van der Waals surface area (Å²) >= 11 is 0. The van der Waals surface area contributed by atoms with Gasteiger partial charge in [-0.1, -0.05) is 30.3 Å². The molecule has 2 saturated heterocycles. The molecule has 0 bridgehead atoms. The van der Waals surface area contributed by atoms with Gasteiger partial charge in [0.25, 0.3) is 0 Å². The van der Waals surface area contributed by atoms with E-state index in [9.17, 15) is 4.79 Å². The zero-order valence-electron chi connectivity index (χ0n) is 20.5. The molecule has 1 N–H and O–H groups in total. The van der Waals surface area contributed by atoms with E-state index < -0.39 is 0 Å². The van der Waals surface area contributed by atoms with Gasteiger partial charge in [0, 0.05) is 26.7 Å². The Bertz CT molecular complexity index is 700. The first-order chi connectivity index (χ1) is 15.7. The van der Waals surface area contributed by atoms with Crippen LogP contribution < -0.4 is 5.32 Å². The number of piperidine rings is 2. The minimum atomic E-state index is -0.0424. The van der Waals surface area contributed by atoms with Crippen molar-refractivity contribution in [2.45, 2.75) is 51.9 Å². The second kappa shape index (κ2) is 15.5. The highest BCUT2D eigenvalue weighted by atomic mass is 127. The minimum Gasteiger partial charge on any atom is -0.466 e. The van der Waals surface area contributed by atoms with Gasteiger partial charge in [0.05, 0.1) is 12.5 Å². The molecule has 33 heavy (non-hydrogen) atoms. The zero-order chi connectivity index (χ0) is 22.6. The van der Waals surface area contributed by atoms with Crippen LogP contribution >= 0.6 is 24.0 Å². The molecule has 0 radical (unpaired) electrons. The van der Waals surface area contributed by atoms with Gasteiger partial charge in [-0.2, -0.15) is 0 Å². The van der Waals surface area contributed by atoms with Crippen LogP contribution in [0.1, 0.15) is 51.0 Å². The summed E-state index contributed by atoms with van der Waals surface area (Å²) in [6.07, 6.45) is 7.94. The Hall–Kier alpha value is -1.35. The van der Waals surface area contributed by atoms with Crippen molar-refractivity contribution in [2.24, 2.45) is 16.8 Å². The van der Waals surface area contributed by atoms with Crippen molar-refractivity contribution in [3.63, 3.8) is 0 Å². The standard InChI is InChI=1S/C26H42N4O2.HI/c1-3-32-25(31)24-13-19-30(20-14-24)26(27-2)28-15-7-8-16-29-17-11-23(12-18-29)21-22-9-5-4-6-10-22;/h4-6,9-10,23-24H,3,7-8,11-21H2,1-2H3,(H,27,28);1H. The quantitative estimate of drug-likeness (QED) is 0.159. The van der Waals surface area contributed by atoms with Crippen molar-refractivity contribution in [3.05, 3.63) is 35.9 Å². The Balaban J connectivity index is 0.00000385. The lowest BCUT2D eigenvalue weighted by Crippen LogP contribution is -2.47. The van der Waals surface area contributed by atoms with E-state index in [1.807, 2.05) is 14.0 Å². The molecule has 0 amide bonds. The molecule has 2 aliphatic rings. The summed E-state index contributed by atoms with van der Waals surface area (Å²) in [6, 6.07) is 10.9. The average Bonchev–Trinajstić information content (AvgIpc) is 2.83. The van der Waals surface area contributed by atoms with Gasteiger partial charge in [-0.15, -0.1) is 24.0 Å². The van der Waals surface area contributed by atoms with Crippen LogP contribution in [0.5, 0.6) is 0 Å². The fourth-order valence-electron chi connectivity index (χ4n) is 4.94. The molecule has 0 unspecified atom stereocenters. The Morgan fingerprint density at radius 3 is 2.39 bits per heavy atom. The first-order valence-electron chi connectivity index (χ1n) is 12.6. The Kier molecular flexibility index (Phi) is 13.1. The number of nitrogens with one attached hydrogen (secondary N) is 1. The number of likely N-dealkylation sites (tertiary alicyclic amines) is 2. The number of benzene rings is 1. The number of ether oxygens (including phenoxy) is 1. The monoisotopic (exact) mass is 570 g/mol. The maximum absolute atomic E-state index is 11.9. The Morgan fingerprint density at radius 2 is 1.76 bits per heavy atom. The molecule has 2 fully saturated rings. The van der Waals surface area contributed by atoms with Crippen molar-refractivity contribution in [1.29, 1.82) is 0 Å². The number of carbonyl (C=O) groups excluding carboxylic acids is 1. The van der Waals surface area contributed by atoms with Gasteiger partial charge in [-0.25, -0.2) is 0 Å². The van der Waals surface area contributed by atoms with E-state index in [2.05, 4.69) is 50.4 Å². The predicted molar refractivity (Wildman–Crippen MR) is 146 cm³/mol. The first-order valence-corrected chi connectivity index (χ1v) is 12.6.